The van der Waals surface area contributed by atoms with Crippen LogP contribution in [0.2, 0.25) is 0 Å². The average molecular weight is 419 g/mol. The minimum Gasteiger partial charge on any atom is -0.507 e. The van der Waals surface area contributed by atoms with Gasteiger partial charge in [0, 0.05) is 31.0 Å². The van der Waals surface area contributed by atoms with Crippen molar-refractivity contribution in [3.8, 4) is 0 Å². The molecular formula is C24H22FN3O3. The number of hydrogen-bond donors (Lipinski definition) is 1. The average Bonchev–Trinajstić information content (AvgIpc) is 3.36. The zero-order chi connectivity index (χ0) is 22.0. The van der Waals surface area contributed by atoms with Crippen molar-refractivity contribution in [2.45, 2.75) is 25.9 Å². The van der Waals surface area contributed by atoms with E-state index in [0.29, 0.717) is 24.1 Å². The van der Waals surface area contributed by atoms with E-state index in [-0.39, 0.29) is 17.9 Å². The van der Waals surface area contributed by atoms with Crippen molar-refractivity contribution in [2.75, 3.05) is 6.54 Å². The molecule has 31 heavy (non-hydrogen) atoms. The molecule has 1 aromatic heterocycles. The van der Waals surface area contributed by atoms with Crippen LogP contribution in [0.1, 0.15) is 29.2 Å². The third-order valence-corrected chi connectivity index (χ3v) is 5.40. The molecule has 0 saturated carbocycles. The van der Waals surface area contributed by atoms with Crippen molar-refractivity contribution in [1.82, 2.24) is 14.5 Å². The Morgan fingerprint density at radius 2 is 1.90 bits per heavy atom. The van der Waals surface area contributed by atoms with E-state index in [1.54, 1.807) is 30.7 Å². The second-order valence-corrected chi connectivity index (χ2v) is 7.57. The number of halogens is 1. The number of hydrogen-bond acceptors (Lipinski definition) is 4. The number of amides is 1. The fourth-order valence-electron chi connectivity index (χ4n) is 3.84. The summed E-state index contributed by atoms with van der Waals surface area (Å²) in [6.45, 7) is 2.79. The minimum absolute atomic E-state index is 0.0258. The van der Waals surface area contributed by atoms with E-state index in [2.05, 4.69) is 4.98 Å². The van der Waals surface area contributed by atoms with Crippen LogP contribution in [0.4, 0.5) is 4.39 Å². The van der Waals surface area contributed by atoms with E-state index < -0.39 is 23.5 Å². The number of benzene rings is 2. The molecule has 0 bridgehead atoms. The van der Waals surface area contributed by atoms with Gasteiger partial charge in [-0.2, -0.15) is 0 Å². The Morgan fingerprint density at radius 3 is 2.58 bits per heavy atom. The van der Waals surface area contributed by atoms with Gasteiger partial charge in [0.2, 0.25) is 0 Å². The predicted molar refractivity (Wildman–Crippen MR) is 113 cm³/mol. The summed E-state index contributed by atoms with van der Waals surface area (Å²) in [6, 6.07) is 11.9. The molecule has 1 amide bonds. The van der Waals surface area contributed by atoms with Crippen LogP contribution in [-0.2, 0) is 16.1 Å². The molecule has 0 aliphatic carbocycles. The van der Waals surface area contributed by atoms with Gasteiger partial charge in [0.1, 0.15) is 11.6 Å². The van der Waals surface area contributed by atoms with Gasteiger partial charge >= 0.3 is 0 Å². The van der Waals surface area contributed by atoms with Crippen LogP contribution in [0.5, 0.6) is 0 Å². The highest BCUT2D eigenvalue weighted by atomic mass is 19.1. The number of aliphatic hydroxyl groups is 1. The quantitative estimate of drug-likeness (QED) is 0.374. The first-order valence-electron chi connectivity index (χ1n) is 10.0. The second kappa shape index (κ2) is 8.55. The van der Waals surface area contributed by atoms with Crippen molar-refractivity contribution in [3.63, 3.8) is 0 Å². The third-order valence-electron chi connectivity index (χ3n) is 5.40. The largest absolute Gasteiger partial charge is 0.507 e. The van der Waals surface area contributed by atoms with E-state index in [0.717, 1.165) is 5.56 Å². The van der Waals surface area contributed by atoms with Crippen LogP contribution in [0, 0.1) is 12.7 Å². The Labute approximate surface area is 179 Å². The first kappa shape index (κ1) is 20.5. The summed E-state index contributed by atoms with van der Waals surface area (Å²) < 4.78 is 15.9. The van der Waals surface area contributed by atoms with Crippen LogP contribution in [0.25, 0.3) is 5.76 Å². The molecule has 4 rings (SSSR count). The van der Waals surface area contributed by atoms with Gasteiger partial charge in [-0.05, 0) is 31.0 Å². The number of ketones is 1. The topological polar surface area (TPSA) is 75.4 Å². The number of imidazole rings is 1. The van der Waals surface area contributed by atoms with Crippen LogP contribution in [0.15, 0.2) is 72.8 Å². The summed E-state index contributed by atoms with van der Waals surface area (Å²) in [5.74, 6) is -2.20. The highest BCUT2D eigenvalue weighted by Gasteiger charge is 2.45. The minimum atomic E-state index is -0.861. The maximum absolute atomic E-state index is 14.0. The molecule has 1 aliphatic rings. The van der Waals surface area contributed by atoms with Gasteiger partial charge in [0.25, 0.3) is 11.7 Å². The normalized spacial score (nSPS) is 18.0. The maximum atomic E-state index is 14.0. The van der Waals surface area contributed by atoms with Crippen molar-refractivity contribution in [3.05, 3.63) is 95.3 Å². The molecule has 0 radical (unpaired) electrons. The number of likely N-dealkylation sites (tertiary alicyclic amines) is 1. The first-order valence-corrected chi connectivity index (χ1v) is 10.0. The molecule has 7 heteroatoms. The summed E-state index contributed by atoms with van der Waals surface area (Å²) in [5, 5.41) is 11.0. The van der Waals surface area contributed by atoms with Gasteiger partial charge in [0.05, 0.1) is 17.9 Å². The Kier molecular flexibility index (Phi) is 5.66. The van der Waals surface area contributed by atoms with Gasteiger partial charge in [-0.3, -0.25) is 9.59 Å². The lowest BCUT2D eigenvalue weighted by molar-refractivity contribution is -0.139. The molecule has 0 spiro atoms. The van der Waals surface area contributed by atoms with E-state index in [1.165, 1.54) is 23.1 Å². The monoisotopic (exact) mass is 419 g/mol. The molecule has 6 nitrogen and oxygen atoms in total. The molecule has 1 aliphatic heterocycles. The van der Waals surface area contributed by atoms with Crippen molar-refractivity contribution >= 4 is 17.4 Å². The number of aliphatic hydroxyl groups excluding tert-OH is 1. The Hall–Kier alpha value is -3.74. The summed E-state index contributed by atoms with van der Waals surface area (Å²) in [7, 11) is 0. The summed E-state index contributed by atoms with van der Waals surface area (Å²) >= 11 is 0. The molecule has 2 heterocycles. The molecular weight excluding hydrogens is 397 g/mol. The third kappa shape index (κ3) is 4.12. The number of carbonyl (C=O) groups is 2. The molecule has 1 saturated heterocycles. The molecule has 1 unspecified atom stereocenters. The molecule has 158 valence electrons. The Morgan fingerprint density at radius 1 is 1.13 bits per heavy atom. The number of nitrogens with zero attached hydrogens (tertiary/aromatic N) is 3. The van der Waals surface area contributed by atoms with Gasteiger partial charge in [-0.1, -0.05) is 42.0 Å². The fraction of sp³-hybridized carbons (Fsp3) is 0.208. The molecule has 2 aromatic carbocycles. The van der Waals surface area contributed by atoms with Gasteiger partial charge in [-0.25, -0.2) is 9.37 Å². The lowest BCUT2D eigenvalue weighted by atomic mass is 9.95. The van der Waals surface area contributed by atoms with E-state index in [9.17, 15) is 19.1 Å². The molecule has 1 N–H and O–H groups in total. The smallest absolute Gasteiger partial charge is 0.295 e. The first-order chi connectivity index (χ1) is 15.0. The van der Waals surface area contributed by atoms with Gasteiger partial charge in [-0.15, -0.1) is 0 Å². The highest BCUT2D eigenvalue weighted by molar-refractivity contribution is 6.46. The fourth-order valence-corrected chi connectivity index (χ4v) is 3.84. The van der Waals surface area contributed by atoms with E-state index in [1.807, 2.05) is 29.8 Å². The lowest BCUT2D eigenvalue weighted by Gasteiger charge is -2.25. The number of rotatable bonds is 6. The standard InChI is InChI=1S/C24H22FN3O3/c1-16-6-8-17(9-7-16)22(29)20-21(18-4-2-5-19(25)14-18)28(24(31)23(20)30)12-3-11-27-13-10-26-15-27/h2,4-10,13-15,21,29H,3,11-12H2,1H3/b22-20-. The van der Waals surface area contributed by atoms with Gasteiger partial charge < -0.3 is 14.6 Å². The summed E-state index contributed by atoms with van der Waals surface area (Å²) in [4.78, 5) is 31.2. The zero-order valence-corrected chi connectivity index (χ0v) is 17.0. The number of Topliss-reactive ketones (excluding diaryl/α,β-unsaturated/α-hetero) is 1. The maximum Gasteiger partial charge on any atom is 0.295 e. The highest BCUT2D eigenvalue weighted by Crippen LogP contribution is 2.39. The van der Waals surface area contributed by atoms with Crippen LogP contribution in [-0.4, -0.2) is 37.8 Å². The van der Waals surface area contributed by atoms with Crippen LogP contribution in [0.3, 0.4) is 0 Å². The number of aryl methyl sites for hydroxylation is 2. The molecule has 3 aromatic rings. The van der Waals surface area contributed by atoms with E-state index in [4.69, 9.17) is 0 Å². The Bertz CT molecular complexity index is 1140. The van der Waals surface area contributed by atoms with Crippen molar-refractivity contribution in [2.24, 2.45) is 0 Å². The lowest BCUT2D eigenvalue weighted by Crippen LogP contribution is -2.31. The van der Waals surface area contributed by atoms with Gasteiger partial charge in [0.15, 0.2) is 0 Å². The van der Waals surface area contributed by atoms with E-state index >= 15 is 0 Å². The van der Waals surface area contributed by atoms with Crippen LogP contribution < -0.4 is 0 Å². The van der Waals surface area contributed by atoms with Crippen molar-refractivity contribution < 1.29 is 19.1 Å². The SMILES string of the molecule is Cc1ccc(/C(O)=C2/C(=O)C(=O)N(CCCn3ccnc3)C2c2cccc(F)c2)cc1. The second-order valence-electron chi connectivity index (χ2n) is 7.57. The molecule has 1 fully saturated rings. The number of aromatic nitrogens is 2. The zero-order valence-electron chi connectivity index (χ0n) is 17.0. The molecule has 1 atom stereocenters. The summed E-state index contributed by atoms with van der Waals surface area (Å²) in [6.07, 6.45) is 5.73. The predicted octanol–water partition coefficient (Wildman–Crippen LogP) is 3.84. The van der Waals surface area contributed by atoms with Crippen LogP contribution >= 0.6 is 0 Å². The Balaban J connectivity index is 1.73. The number of carbonyl (C=O) groups excluding carboxylic acids is 2. The van der Waals surface area contributed by atoms with Crippen molar-refractivity contribution in [1.29, 1.82) is 0 Å². The summed E-state index contributed by atoms with van der Waals surface area (Å²) in [5.41, 5.74) is 1.85.